The number of nitrogens with zero attached hydrogens (tertiary/aromatic N) is 2. The molecule has 3 nitrogen and oxygen atoms in total. The Kier molecular flexibility index (Phi) is 7.12. The molecule has 0 aliphatic carbocycles. The molecule has 0 bridgehead atoms. The van der Waals surface area contributed by atoms with Gasteiger partial charge < -0.3 is 4.74 Å². The molecule has 1 aromatic heterocycles. The minimum absolute atomic E-state index is 0.0882. The lowest BCUT2D eigenvalue weighted by molar-refractivity contribution is 0.192. The van der Waals surface area contributed by atoms with Crippen LogP contribution < -0.4 is 4.74 Å². The second-order valence-electron chi connectivity index (χ2n) is 6.94. The first-order valence-corrected chi connectivity index (χ1v) is 9.98. The van der Waals surface area contributed by atoms with E-state index in [9.17, 15) is 4.39 Å². The van der Waals surface area contributed by atoms with Crippen LogP contribution in [0.15, 0.2) is 60.9 Å². The molecule has 0 saturated carbocycles. The number of aryl methyl sites for hydroxylation is 1. The lowest BCUT2D eigenvalue weighted by Gasteiger charge is -2.09. The van der Waals surface area contributed by atoms with Gasteiger partial charge in [-0.15, -0.1) is 0 Å². The Morgan fingerprint density at radius 1 is 0.857 bits per heavy atom. The Morgan fingerprint density at radius 3 is 2.11 bits per heavy atom. The zero-order valence-electron chi connectivity index (χ0n) is 16.6. The monoisotopic (exact) mass is 378 g/mol. The van der Waals surface area contributed by atoms with Crippen LogP contribution in [-0.2, 0) is 6.42 Å². The van der Waals surface area contributed by atoms with Crippen LogP contribution in [0.3, 0.4) is 0 Å². The number of hydrogen-bond acceptors (Lipinski definition) is 3. The van der Waals surface area contributed by atoms with Crippen LogP contribution in [0.4, 0.5) is 4.39 Å². The summed E-state index contributed by atoms with van der Waals surface area (Å²) in [4.78, 5) is 9.04. The molecular formula is C24H27FN2O. The van der Waals surface area contributed by atoms with Gasteiger partial charge in [-0.3, -0.25) is 0 Å². The van der Waals surface area contributed by atoms with Crippen LogP contribution in [0.5, 0.6) is 5.75 Å². The molecule has 0 radical (unpaired) electrons. The maximum atomic E-state index is 13.3. The van der Waals surface area contributed by atoms with Gasteiger partial charge in [0.05, 0.1) is 0 Å². The van der Waals surface area contributed by atoms with Crippen LogP contribution >= 0.6 is 0 Å². The molecule has 3 aromatic rings. The number of benzene rings is 2. The molecule has 0 N–H and O–H groups in total. The second kappa shape index (κ2) is 9.98. The number of unbranched alkanes of at least 4 members (excludes halogenated alkanes) is 1. The lowest BCUT2D eigenvalue weighted by atomic mass is 10.1. The van der Waals surface area contributed by atoms with E-state index in [2.05, 4.69) is 41.2 Å². The highest BCUT2D eigenvalue weighted by Crippen LogP contribution is 2.23. The van der Waals surface area contributed by atoms with Gasteiger partial charge in [0.25, 0.3) is 0 Å². The quantitative estimate of drug-likeness (QED) is 0.439. The van der Waals surface area contributed by atoms with E-state index < -0.39 is 6.17 Å². The van der Waals surface area contributed by atoms with Crippen LogP contribution in [0.1, 0.15) is 38.7 Å². The third kappa shape index (κ3) is 5.38. The summed E-state index contributed by atoms with van der Waals surface area (Å²) in [5, 5.41) is 0. The maximum Gasteiger partial charge on any atom is 0.159 e. The maximum absolute atomic E-state index is 13.3. The van der Waals surface area contributed by atoms with E-state index in [4.69, 9.17) is 4.74 Å². The Hall–Kier alpha value is -2.75. The summed E-state index contributed by atoms with van der Waals surface area (Å²) in [5.41, 5.74) is 4.31. The average molecular weight is 378 g/mol. The molecule has 0 spiro atoms. The van der Waals surface area contributed by atoms with Crippen LogP contribution in [0.25, 0.3) is 22.5 Å². The smallest absolute Gasteiger partial charge is 0.159 e. The zero-order chi connectivity index (χ0) is 19.8. The van der Waals surface area contributed by atoms with Gasteiger partial charge in [-0.25, -0.2) is 14.4 Å². The van der Waals surface area contributed by atoms with E-state index >= 15 is 0 Å². The Balaban J connectivity index is 1.65. The molecule has 1 heterocycles. The molecule has 0 aliphatic heterocycles. The van der Waals surface area contributed by atoms with Crippen molar-refractivity contribution in [2.45, 2.75) is 45.7 Å². The molecule has 0 aliphatic rings. The topological polar surface area (TPSA) is 35.0 Å². The van der Waals surface area contributed by atoms with Gasteiger partial charge in [-0.2, -0.15) is 0 Å². The highest BCUT2D eigenvalue weighted by molar-refractivity contribution is 5.64. The van der Waals surface area contributed by atoms with Crippen molar-refractivity contribution in [2.24, 2.45) is 0 Å². The molecule has 0 fully saturated rings. The zero-order valence-corrected chi connectivity index (χ0v) is 16.6. The van der Waals surface area contributed by atoms with Crippen molar-refractivity contribution in [1.29, 1.82) is 0 Å². The Bertz CT molecular complexity index is 845. The Labute approximate surface area is 166 Å². The molecule has 28 heavy (non-hydrogen) atoms. The summed E-state index contributed by atoms with van der Waals surface area (Å²) in [7, 11) is 0. The fraction of sp³-hybridized carbons (Fsp3) is 0.333. The Morgan fingerprint density at radius 2 is 1.50 bits per heavy atom. The van der Waals surface area contributed by atoms with Crippen molar-refractivity contribution in [1.82, 2.24) is 9.97 Å². The molecule has 146 valence electrons. The first kappa shape index (κ1) is 20.0. The largest absolute Gasteiger partial charge is 0.491 e. The number of alkyl halides is 1. The van der Waals surface area contributed by atoms with Gasteiger partial charge >= 0.3 is 0 Å². The number of hydrogen-bond donors (Lipinski definition) is 0. The van der Waals surface area contributed by atoms with Gasteiger partial charge in [-0.05, 0) is 42.5 Å². The fourth-order valence-corrected chi connectivity index (χ4v) is 2.88. The highest BCUT2D eigenvalue weighted by atomic mass is 19.1. The van der Waals surface area contributed by atoms with E-state index in [-0.39, 0.29) is 6.61 Å². The normalized spacial score (nSPS) is 12.0. The number of aromatic nitrogens is 2. The van der Waals surface area contributed by atoms with Crippen LogP contribution in [0.2, 0.25) is 0 Å². The fourth-order valence-electron chi connectivity index (χ4n) is 2.88. The summed E-state index contributed by atoms with van der Waals surface area (Å²) < 4.78 is 18.7. The molecule has 0 amide bonds. The van der Waals surface area contributed by atoms with Crippen molar-refractivity contribution in [3.63, 3.8) is 0 Å². The van der Waals surface area contributed by atoms with Crippen LogP contribution in [-0.4, -0.2) is 22.7 Å². The van der Waals surface area contributed by atoms with Gasteiger partial charge in [-0.1, -0.05) is 56.7 Å². The SMILES string of the molecule is CCCCc1ccc(-c2ncc(-c3ccc(OCC(F)CC)cc3)cn2)cc1. The number of halogens is 1. The third-order valence-electron chi connectivity index (χ3n) is 4.74. The van der Waals surface area contributed by atoms with E-state index in [1.807, 2.05) is 43.6 Å². The summed E-state index contributed by atoms with van der Waals surface area (Å²) in [5.74, 6) is 1.39. The lowest BCUT2D eigenvalue weighted by Crippen LogP contribution is -2.11. The molecule has 3 rings (SSSR count). The standard InChI is InChI=1S/C24H27FN2O/c1-3-5-6-18-7-9-20(10-8-18)24-26-15-21(16-27-24)19-11-13-23(14-12-19)28-17-22(25)4-2/h7-16,22H,3-6,17H2,1-2H3. The summed E-state index contributed by atoms with van der Waals surface area (Å²) >= 11 is 0. The number of rotatable bonds is 9. The van der Waals surface area contributed by atoms with Gasteiger partial charge in [0.15, 0.2) is 5.82 Å². The summed E-state index contributed by atoms with van der Waals surface area (Å²) in [6.07, 6.45) is 6.72. The minimum atomic E-state index is -0.929. The molecule has 4 heteroatoms. The first-order chi connectivity index (χ1) is 13.7. The highest BCUT2D eigenvalue weighted by Gasteiger charge is 2.06. The molecule has 2 aromatic carbocycles. The number of ether oxygens (including phenoxy) is 1. The van der Waals surface area contributed by atoms with E-state index in [1.165, 1.54) is 18.4 Å². The van der Waals surface area contributed by atoms with E-state index in [0.29, 0.717) is 12.2 Å². The third-order valence-corrected chi connectivity index (χ3v) is 4.74. The van der Waals surface area contributed by atoms with Crippen molar-refractivity contribution in [3.05, 3.63) is 66.5 Å². The van der Waals surface area contributed by atoms with E-state index in [0.717, 1.165) is 28.9 Å². The van der Waals surface area contributed by atoms with Gasteiger partial charge in [0.1, 0.15) is 18.5 Å². The minimum Gasteiger partial charge on any atom is -0.491 e. The molecule has 1 unspecified atom stereocenters. The van der Waals surface area contributed by atoms with E-state index in [1.54, 1.807) is 0 Å². The molecule has 0 saturated heterocycles. The summed E-state index contributed by atoms with van der Waals surface area (Å²) in [6.45, 7) is 4.10. The van der Waals surface area contributed by atoms with Crippen molar-refractivity contribution >= 4 is 0 Å². The predicted molar refractivity (Wildman–Crippen MR) is 112 cm³/mol. The van der Waals surface area contributed by atoms with Crippen LogP contribution in [0, 0.1) is 0 Å². The second-order valence-corrected chi connectivity index (χ2v) is 6.94. The van der Waals surface area contributed by atoms with Crippen molar-refractivity contribution in [2.75, 3.05) is 6.61 Å². The van der Waals surface area contributed by atoms with Gasteiger partial charge in [0.2, 0.25) is 0 Å². The van der Waals surface area contributed by atoms with Gasteiger partial charge in [0, 0.05) is 23.5 Å². The molecule has 1 atom stereocenters. The summed E-state index contributed by atoms with van der Waals surface area (Å²) in [6, 6.07) is 16.1. The molecular weight excluding hydrogens is 351 g/mol. The van der Waals surface area contributed by atoms with Crippen molar-refractivity contribution in [3.8, 4) is 28.3 Å². The van der Waals surface area contributed by atoms with Crippen molar-refractivity contribution < 1.29 is 9.13 Å². The average Bonchev–Trinajstić information content (AvgIpc) is 2.77. The predicted octanol–water partition coefficient (Wildman–Crippen LogP) is 6.28. The first-order valence-electron chi connectivity index (χ1n) is 9.98.